The van der Waals surface area contributed by atoms with Crippen molar-refractivity contribution in [3.63, 3.8) is 0 Å². The van der Waals surface area contributed by atoms with Crippen LogP contribution < -0.4 is 15.8 Å². The van der Waals surface area contributed by atoms with Gasteiger partial charge in [0.1, 0.15) is 10.6 Å². The molecule has 0 aliphatic carbocycles. The number of sulfonamides is 1. The molecule has 1 atom stereocenters. The number of nitrogens with two attached hydrogens (primary N) is 1. The number of amides is 1. The Morgan fingerprint density at radius 2 is 2.00 bits per heavy atom. The van der Waals surface area contributed by atoms with Crippen molar-refractivity contribution in [2.45, 2.75) is 31.7 Å². The number of nitrogens with one attached hydrogen (secondary N) is 2. The van der Waals surface area contributed by atoms with Crippen molar-refractivity contribution in [3.05, 3.63) is 18.0 Å². The van der Waals surface area contributed by atoms with Crippen LogP contribution in [0.25, 0.3) is 0 Å². The molecule has 0 bridgehead atoms. The van der Waals surface area contributed by atoms with E-state index in [1.807, 2.05) is 20.8 Å². The van der Waals surface area contributed by atoms with E-state index >= 15 is 0 Å². The van der Waals surface area contributed by atoms with E-state index in [1.54, 1.807) is 7.05 Å². The van der Waals surface area contributed by atoms with Crippen LogP contribution in [0.5, 0.6) is 0 Å². The molecule has 1 rings (SSSR count). The number of hydrogen-bond donors (Lipinski definition) is 3. The molecule has 1 amide bonds. The zero-order valence-electron chi connectivity index (χ0n) is 13.1. The minimum atomic E-state index is -3.73. The van der Waals surface area contributed by atoms with Crippen molar-refractivity contribution in [1.82, 2.24) is 14.6 Å². The van der Waals surface area contributed by atoms with E-state index in [-0.39, 0.29) is 28.5 Å². The van der Waals surface area contributed by atoms with E-state index in [2.05, 4.69) is 10.0 Å². The third kappa shape index (κ3) is 4.05. The quantitative estimate of drug-likeness (QED) is 0.713. The van der Waals surface area contributed by atoms with Crippen LogP contribution >= 0.6 is 0 Å². The van der Waals surface area contributed by atoms with Gasteiger partial charge in [0.25, 0.3) is 5.91 Å². The van der Waals surface area contributed by atoms with Gasteiger partial charge in [-0.25, -0.2) is 13.1 Å². The van der Waals surface area contributed by atoms with Gasteiger partial charge < -0.3 is 15.6 Å². The third-order valence-corrected chi connectivity index (χ3v) is 4.77. The molecule has 0 aliphatic rings. The van der Waals surface area contributed by atoms with Crippen LogP contribution in [0.1, 0.15) is 31.3 Å². The number of aromatic nitrogens is 1. The molecule has 1 heterocycles. The van der Waals surface area contributed by atoms with Crippen LogP contribution in [0.4, 0.5) is 0 Å². The number of nitrogens with zero attached hydrogens (tertiary/aromatic N) is 1. The van der Waals surface area contributed by atoms with E-state index in [0.29, 0.717) is 0 Å². The van der Waals surface area contributed by atoms with Crippen LogP contribution in [-0.4, -0.2) is 38.5 Å². The second-order valence-corrected chi connectivity index (χ2v) is 7.74. The second-order valence-electron chi connectivity index (χ2n) is 6.03. The van der Waals surface area contributed by atoms with Gasteiger partial charge >= 0.3 is 0 Å². The summed E-state index contributed by atoms with van der Waals surface area (Å²) in [6, 6.07) is 0.948. The molecular formula is C13H24N4O3S. The predicted molar refractivity (Wildman–Crippen MR) is 81.4 cm³/mol. The molecule has 4 N–H and O–H groups in total. The smallest absolute Gasteiger partial charge is 0.267 e. The van der Waals surface area contributed by atoms with Crippen LogP contribution in [0.3, 0.4) is 0 Å². The highest BCUT2D eigenvalue weighted by Gasteiger charge is 2.29. The fraction of sp³-hybridized carbons (Fsp3) is 0.615. The molecule has 1 aromatic rings. The monoisotopic (exact) mass is 316 g/mol. The molecule has 0 radical (unpaired) electrons. The van der Waals surface area contributed by atoms with Gasteiger partial charge in [0.05, 0.1) is 0 Å². The minimum Gasteiger partial charge on any atom is -0.354 e. The number of carbonyl (C=O) groups is 1. The van der Waals surface area contributed by atoms with Crippen molar-refractivity contribution in [2.24, 2.45) is 18.2 Å². The summed E-state index contributed by atoms with van der Waals surface area (Å²) < 4.78 is 28.9. The van der Waals surface area contributed by atoms with E-state index in [0.717, 1.165) is 0 Å². The summed E-state index contributed by atoms with van der Waals surface area (Å²) >= 11 is 0. The van der Waals surface area contributed by atoms with Gasteiger partial charge in [0.15, 0.2) is 0 Å². The zero-order chi connectivity index (χ0) is 16.4. The van der Waals surface area contributed by atoms with Crippen LogP contribution in [0.2, 0.25) is 0 Å². The maximum Gasteiger partial charge on any atom is 0.267 e. The molecule has 0 saturated carbocycles. The summed E-state index contributed by atoms with van der Waals surface area (Å²) in [6.45, 7) is 5.92. The topological polar surface area (TPSA) is 106 Å². The Bertz CT molecular complexity index is 614. The highest BCUT2D eigenvalue weighted by atomic mass is 32.2. The maximum absolute atomic E-state index is 12.4. The Labute approximate surface area is 125 Å². The number of aryl methyl sites for hydroxylation is 1. The van der Waals surface area contributed by atoms with Gasteiger partial charge in [-0.1, -0.05) is 20.8 Å². The summed E-state index contributed by atoms with van der Waals surface area (Å²) in [5.41, 5.74) is 5.62. The molecule has 0 spiro atoms. The largest absolute Gasteiger partial charge is 0.354 e. The molecule has 7 nitrogen and oxygen atoms in total. The lowest BCUT2D eigenvalue weighted by atomic mass is 9.88. The van der Waals surface area contributed by atoms with Gasteiger partial charge in [-0.15, -0.1) is 0 Å². The maximum atomic E-state index is 12.4. The fourth-order valence-corrected chi connectivity index (χ4v) is 3.39. The Kier molecular flexibility index (Phi) is 5.19. The van der Waals surface area contributed by atoms with Crippen molar-refractivity contribution in [3.8, 4) is 0 Å². The summed E-state index contributed by atoms with van der Waals surface area (Å²) in [5, 5.41) is 2.47. The van der Waals surface area contributed by atoms with Crippen molar-refractivity contribution in [1.29, 1.82) is 0 Å². The summed E-state index contributed by atoms with van der Waals surface area (Å²) in [4.78, 5) is 11.7. The molecule has 120 valence electrons. The first-order valence-electron chi connectivity index (χ1n) is 6.63. The average Bonchev–Trinajstić information content (AvgIpc) is 2.76. The lowest BCUT2D eigenvalue weighted by Crippen LogP contribution is -2.48. The van der Waals surface area contributed by atoms with Gasteiger partial charge in [-0.3, -0.25) is 4.79 Å². The van der Waals surface area contributed by atoms with Gasteiger partial charge in [0.2, 0.25) is 10.0 Å². The lowest BCUT2D eigenvalue weighted by molar-refractivity contribution is 0.0955. The lowest BCUT2D eigenvalue weighted by Gasteiger charge is -2.29. The molecule has 0 aromatic carbocycles. The average molecular weight is 316 g/mol. The highest BCUT2D eigenvalue weighted by molar-refractivity contribution is 7.89. The molecule has 0 fully saturated rings. The summed E-state index contributed by atoms with van der Waals surface area (Å²) in [6.07, 6.45) is 1.41. The first-order valence-corrected chi connectivity index (χ1v) is 8.12. The molecule has 0 aliphatic heterocycles. The van der Waals surface area contributed by atoms with E-state index in [1.165, 1.54) is 23.9 Å². The third-order valence-electron chi connectivity index (χ3n) is 3.33. The standard InChI is InChI=1S/C13H24N4O3S/c1-13(2,3)11(7-14)16-21(19,20)9-6-10(12(18)15-4)17(5)8-9/h6,8,11,16H,7,14H2,1-5H3,(H,15,18). The number of rotatable bonds is 5. The second kappa shape index (κ2) is 6.17. The Morgan fingerprint density at radius 3 is 2.43 bits per heavy atom. The molecule has 8 heteroatoms. The Morgan fingerprint density at radius 1 is 1.43 bits per heavy atom. The van der Waals surface area contributed by atoms with Crippen LogP contribution in [-0.2, 0) is 17.1 Å². The predicted octanol–water partition coefficient (Wildman–Crippen LogP) is 0.0364. The van der Waals surface area contributed by atoms with Crippen LogP contribution in [0, 0.1) is 5.41 Å². The molecular weight excluding hydrogens is 292 g/mol. The first-order chi connectivity index (χ1) is 9.52. The fourth-order valence-electron chi connectivity index (χ4n) is 1.87. The highest BCUT2D eigenvalue weighted by Crippen LogP contribution is 2.21. The van der Waals surface area contributed by atoms with Gasteiger partial charge in [0, 0.05) is 32.9 Å². The Balaban J connectivity index is 3.12. The number of carbonyl (C=O) groups excluding carboxylic acids is 1. The van der Waals surface area contributed by atoms with Crippen molar-refractivity contribution >= 4 is 15.9 Å². The Hall–Kier alpha value is -1.38. The van der Waals surface area contributed by atoms with Gasteiger partial charge in [-0.05, 0) is 11.5 Å². The molecule has 0 saturated heterocycles. The van der Waals surface area contributed by atoms with E-state index in [4.69, 9.17) is 5.73 Å². The summed E-state index contributed by atoms with van der Waals surface area (Å²) in [7, 11) is -0.618. The van der Waals surface area contributed by atoms with Crippen molar-refractivity contribution < 1.29 is 13.2 Å². The SMILES string of the molecule is CNC(=O)c1cc(S(=O)(=O)NC(CN)C(C)(C)C)cn1C. The van der Waals surface area contributed by atoms with Crippen LogP contribution in [0.15, 0.2) is 17.2 Å². The minimum absolute atomic E-state index is 0.0475. The summed E-state index contributed by atoms with van der Waals surface area (Å²) in [5.74, 6) is -0.342. The first kappa shape index (κ1) is 17.7. The van der Waals surface area contributed by atoms with E-state index < -0.39 is 16.1 Å². The molecule has 21 heavy (non-hydrogen) atoms. The normalized spacial score (nSPS) is 14.0. The van der Waals surface area contributed by atoms with Gasteiger partial charge in [-0.2, -0.15) is 0 Å². The van der Waals surface area contributed by atoms with E-state index in [9.17, 15) is 13.2 Å². The van der Waals surface area contributed by atoms with Crippen molar-refractivity contribution in [2.75, 3.05) is 13.6 Å². The molecule has 1 unspecified atom stereocenters. The number of hydrogen-bond acceptors (Lipinski definition) is 4. The zero-order valence-corrected chi connectivity index (χ0v) is 13.9. The molecule has 1 aromatic heterocycles.